The predicted molar refractivity (Wildman–Crippen MR) is 62.7 cm³/mol. The normalized spacial score (nSPS) is 21.2. The number of rotatable bonds is 3. The van der Waals surface area contributed by atoms with E-state index in [2.05, 4.69) is 0 Å². The van der Waals surface area contributed by atoms with E-state index in [9.17, 15) is 0 Å². The Bertz CT molecular complexity index is 353. The van der Waals surface area contributed by atoms with Gasteiger partial charge in [-0.2, -0.15) is 0 Å². The number of hydrogen-bond donors (Lipinski definition) is 3. The van der Waals surface area contributed by atoms with E-state index in [1.54, 1.807) is 12.1 Å². The van der Waals surface area contributed by atoms with Crippen molar-refractivity contribution in [1.82, 2.24) is 0 Å². The first-order valence-corrected chi connectivity index (χ1v) is 7.46. The molecule has 0 bridgehead atoms. The fourth-order valence-corrected chi connectivity index (χ4v) is 2.33. The van der Waals surface area contributed by atoms with Crippen molar-refractivity contribution in [3.63, 3.8) is 0 Å². The number of benzene rings is 1. The summed E-state index contributed by atoms with van der Waals surface area (Å²) < 4.78 is 11.0. The first-order valence-electron chi connectivity index (χ1n) is 5.61. The minimum Gasteiger partial charge on any atom is -0.465 e. The molecule has 1 heterocycles. The van der Waals surface area contributed by atoms with Crippen LogP contribution < -0.4 is 9.92 Å². The highest BCUT2D eigenvalue weighted by atomic mass is 28.4. The van der Waals surface area contributed by atoms with E-state index < -0.39 is 8.80 Å². The van der Waals surface area contributed by atoms with Crippen molar-refractivity contribution in [3.05, 3.63) is 24.3 Å². The van der Waals surface area contributed by atoms with E-state index in [1.165, 1.54) is 12.1 Å². The molecule has 1 aliphatic rings. The molecule has 0 saturated carbocycles. The summed E-state index contributed by atoms with van der Waals surface area (Å²) in [6, 6.07) is 6.09. The Kier molecular flexibility index (Phi) is 3.80. The van der Waals surface area contributed by atoms with Crippen molar-refractivity contribution in [2.45, 2.75) is 25.6 Å². The van der Waals surface area contributed by atoms with Gasteiger partial charge in [-0.3, -0.25) is 0 Å². The molecule has 6 heteroatoms. The van der Waals surface area contributed by atoms with Crippen molar-refractivity contribution in [1.29, 1.82) is 0 Å². The molecule has 17 heavy (non-hydrogen) atoms. The first-order chi connectivity index (χ1) is 8.05. The summed E-state index contributed by atoms with van der Waals surface area (Å²) in [6.07, 6.45) is 2.78. The fraction of sp³-hybridized carbons (Fsp3) is 0.455. The van der Waals surface area contributed by atoms with Gasteiger partial charge in [-0.15, -0.1) is 0 Å². The molecule has 0 aliphatic carbocycles. The summed E-state index contributed by atoms with van der Waals surface area (Å²) in [4.78, 5) is 27.3. The van der Waals surface area contributed by atoms with E-state index in [0.717, 1.165) is 19.3 Å². The quantitative estimate of drug-likeness (QED) is 0.648. The van der Waals surface area contributed by atoms with Gasteiger partial charge in [0.2, 0.25) is 0 Å². The third-order valence-corrected chi connectivity index (χ3v) is 3.75. The van der Waals surface area contributed by atoms with Crippen LogP contribution in [0.2, 0.25) is 0 Å². The molecule has 1 aromatic carbocycles. The lowest BCUT2D eigenvalue weighted by Crippen LogP contribution is -2.48. The molecule has 1 aliphatic heterocycles. The van der Waals surface area contributed by atoms with Crippen LogP contribution in [0, 0.1) is 0 Å². The van der Waals surface area contributed by atoms with Gasteiger partial charge < -0.3 is 23.9 Å². The molecule has 1 atom stereocenters. The molecule has 5 nitrogen and oxygen atoms in total. The minimum absolute atomic E-state index is 0.134. The Morgan fingerprint density at radius 1 is 1.12 bits per heavy atom. The smallest absolute Gasteiger partial charge is 0.465 e. The minimum atomic E-state index is -4.20. The Hall–Kier alpha value is -0.923. The van der Waals surface area contributed by atoms with Crippen molar-refractivity contribution < 1.29 is 23.9 Å². The Morgan fingerprint density at radius 2 is 1.82 bits per heavy atom. The van der Waals surface area contributed by atoms with Crippen LogP contribution in [-0.4, -0.2) is 36.1 Å². The van der Waals surface area contributed by atoms with Gasteiger partial charge >= 0.3 is 8.80 Å². The standard InChI is InChI=1S/C11H16O5Si/c12-17(13,14)10-6-4-9(5-7-10)16-11-3-1-2-8-15-11/h4-7,11-14H,1-3,8H2. The lowest BCUT2D eigenvalue weighted by molar-refractivity contribution is -0.105. The zero-order chi connectivity index (χ0) is 12.3. The molecule has 1 aromatic rings. The average molecular weight is 256 g/mol. The highest BCUT2D eigenvalue weighted by Crippen LogP contribution is 2.18. The maximum Gasteiger partial charge on any atom is 0.528 e. The largest absolute Gasteiger partial charge is 0.528 e. The van der Waals surface area contributed by atoms with E-state index in [0.29, 0.717) is 12.4 Å². The van der Waals surface area contributed by atoms with Crippen LogP contribution >= 0.6 is 0 Å². The van der Waals surface area contributed by atoms with Gasteiger partial charge in [-0.1, -0.05) is 12.1 Å². The van der Waals surface area contributed by atoms with Crippen molar-refractivity contribution >= 4 is 14.0 Å². The molecular formula is C11H16O5Si. The second-order valence-corrected chi connectivity index (χ2v) is 5.92. The Morgan fingerprint density at radius 3 is 2.35 bits per heavy atom. The van der Waals surface area contributed by atoms with Crippen molar-refractivity contribution in [2.24, 2.45) is 0 Å². The number of hydrogen-bond acceptors (Lipinski definition) is 5. The number of ether oxygens (including phenoxy) is 2. The average Bonchev–Trinajstić information content (AvgIpc) is 2.30. The molecule has 2 rings (SSSR count). The van der Waals surface area contributed by atoms with Gasteiger partial charge in [-0.25, -0.2) is 0 Å². The summed E-state index contributed by atoms with van der Waals surface area (Å²) in [7, 11) is -4.20. The summed E-state index contributed by atoms with van der Waals surface area (Å²) in [5.41, 5.74) is 0. The molecule has 1 fully saturated rings. The third kappa shape index (κ3) is 3.52. The zero-order valence-electron chi connectivity index (χ0n) is 9.37. The molecule has 1 unspecified atom stereocenters. The lowest BCUT2D eigenvalue weighted by atomic mass is 10.2. The molecular weight excluding hydrogens is 240 g/mol. The second-order valence-electron chi connectivity index (χ2n) is 4.07. The third-order valence-electron chi connectivity index (χ3n) is 2.65. The second kappa shape index (κ2) is 5.15. The monoisotopic (exact) mass is 256 g/mol. The van der Waals surface area contributed by atoms with E-state index in [-0.39, 0.29) is 11.5 Å². The topological polar surface area (TPSA) is 79.2 Å². The SMILES string of the molecule is O[Si](O)(O)c1ccc(OC2CCCCO2)cc1. The highest BCUT2D eigenvalue weighted by molar-refractivity contribution is 6.71. The van der Waals surface area contributed by atoms with Gasteiger partial charge in [0, 0.05) is 11.6 Å². The Balaban J connectivity index is 1.98. The first kappa shape index (κ1) is 12.5. The molecule has 0 radical (unpaired) electrons. The van der Waals surface area contributed by atoms with Crippen LogP contribution in [0.3, 0.4) is 0 Å². The maximum absolute atomic E-state index is 9.09. The molecule has 94 valence electrons. The summed E-state index contributed by atoms with van der Waals surface area (Å²) in [5.74, 6) is 0.596. The van der Waals surface area contributed by atoms with E-state index in [1.807, 2.05) is 0 Å². The molecule has 3 N–H and O–H groups in total. The summed E-state index contributed by atoms with van der Waals surface area (Å²) in [6.45, 7) is 0.711. The molecule has 0 aromatic heterocycles. The van der Waals surface area contributed by atoms with Gasteiger partial charge in [-0.05, 0) is 25.0 Å². The molecule has 1 saturated heterocycles. The maximum atomic E-state index is 9.09. The molecule has 0 amide bonds. The van der Waals surface area contributed by atoms with Crippen LogP contribution in [-0.2, 0) is 4.74 Å². The summed E-state index contributed by atoms with van der Waals surface area (Å²) in [5, 5.41) is 0.134. The summed E-state index contributed by atoms with van der Waals surface area (Å²) >= 11 is 0. The van der Waals surface area contributed by atoms with Gasteiger partial charge in [0.15, 0.2) is 6.29 Å². The molecule has 0 spiro atoms. The van der Waals surface area contributed by atoms with Crippen molar-refractivity contribution in [3.8, 4) is 5.75 Å². The van der Waals surface area contributed by atoms with Crippen LogP contribution in [0.5, 0.6) is 5.75 Å². The lowest BCUT2D eigenvalue weighted by Gasteiger charge is -2.23. The van der Waals surface area contributed by atoms with Crippen LogP contribution in [0.15, 0.2) is 24.3 Å². The van der Waals surface area contributed by atoms with Crippen molar-refractivity contribution in [2.75, 3.05) is 6.61 Å². The predicted octanol–water partition coefficient (Wildman–Crippen LogP) is -0.285. The van der Waals surface area contributed by atoms with Crippen LogP contribution in [0.25, 0.3) is 0 Å². The van der Waals surface area contributed by atoms with E-state index in [4.69, 9.17) is 23.9 Å². The van der Waals surface area contributed by atoms with Gasteiger partial charge in [0.1, 0.15) is 5.75 Å². The zero-order valence-corrected chi connectivity index (χ0v) is 10.4. The Labute approximate surface area is 101 Å². The van der Waals surface area contributed by atoms with E-state index >= 15 is 0 Å². The van der Waals surface area contributed by atoms with Crippen LogP contribution in [0.4, 0.5) is 0 Å². The van der Waals surface area contributed by atoms with Gasteiger partial charge in [0.25, 0.3) is 0 Å². The van der Waals surface area contributed by atoms with Gasteiger partial charge in [0.05, 0.1) is 6.61 Å². The fourth-order valence-electron chi connectivity index (χ4n) is 1.71. The van der Waals surface area contributed by atoms with Crippen LogP contribution in [0.1, 0.15) is 19.3 Å². The highest BCUT2D eigenvalue weighted by Gasteiger charge is 2.30.